The summed E-state index contributed by atoms with van der Waals surface area (Å²) in [6.45, 7) is 2.99. The first-order valence-electron chi connectivity index (χ1n) is 7.08. The lowest BCUT2D eigenvalue weighted by Gasteiger charge is -2.09. The van der Waals surface area contributed by atoms with Gasteiger partial charge in [0.2, 0.25) is 5.88 Å². The summed E-state index contributed by atoms with van der Waals surface area (Å²) in [7, 11) is 0. The Balaban J connectivity index is 1.88. The lowest BCUT2D eigenvalue weighted by atomic mass is 10.1. The molecule has 21 heavy (non-hydrogen) atoms. The lowest BCUT2D eigenvalue weighted by molar-refractivity contribution is 0.467. The average molecular weight is 279 g/mol. The molecule has 1 heterocycles. The van der Waals surface area contributed by atoms with Crippen LogP contribution in [0.2, 0.25) is 0 Å². The summed E-state index contributed by atoms with van der Waals surface area (Å²) in [5.74, 6) is 2.12. The van der Waals surface area contributed by atoms with Crippen LogP contribution in [0, 0.1) is 0 Å². The van der Waals surface area contributed by atoms with Crippen molar-refractivity contribution in [2.75, 3.05) is 11.9 Å². The largest absolute Gasteiger partial charge is 0.438 e. The van der Waals surface area contributed by atoms with Crippen molar-refractivity contribution in [1.82, 2.24) is 9.97 Å². The van der Waals surface area contributed by atoms with Gasteiger partial charge in [-0.25, -0.2) is 9.97 Å². The second kappa shape index (κ2) is 6.22. The van der Waals surface area contributed by atoms with Crippen LogP contribution in [-0.4, -0.2) is 16.5 Å². The summed E-state index contributed by atoms with van der Waals surface area (Å²) in [5.41, 5.74) is 0. The van der Waals surface area contributed by atoms with Crippen molar-refractivity contribution in [3.8, 4) is 11.6 Å². The number of anilines is 1. The molecule has 0 saturated heterocycles. The van der Waals surface area contributed by atoms with Crippen LogP contribution in [-0.2, 0) is 0 Å². The van der Waals surface area contributed by atoms with Crippen LogP contribution >= 0.6 is 0 Å². The van der Waals surface area contributed by atoms with Crippen LogP contribution in [0.4, 0.5) is 5.82 Å². The molecule has 2 aromatic carbocycles. The molecule has 0 aliphatic rings. The average Bonchev–Trinajstić information content (AvgIpc) is 2.54. The van der Waals surface area contributed by atoms with Gasteiger partial charge in [-0.05, 0) is 17.9 Å². The summed E-state index contributed by atoms with van der Waals surface area (Å²) in [6.07, 6.45) is 2.56. The first kappa shape index (κ1) is 13.4. The maximum atomic E-state index is 5.92. The van der Waals surface area contributed by atoms with E-state index in [0.29, 0.717) is 5.88 Å². The van der Waals surface area contributed by atoms with Gasteiger partial charge in [0.1, 0.15) is 17.9 Å². The summed E-state index contributed by atoms with van der Waals surface area (Å²) in [6, 6.07) is 15.9. The number of fused-ring (bicyclic) bond motifs is 1. The van der Waals surface area contributed by atoms with E-state index >= 15 is 0 Å². The number of benzene rings is 2. The zero-order valence-electron chi connectivity index (χ0n) is 11.9. The zero-order chi connectivity index (χ0) is 14.5. The van der Waals surface area contributed by atoms with Crippen LogP contribution in [0.15, 0.2) is 54.9 Å². The third-order valence-corrected chi connectivity index (χ3v) is 3.16. The van der Waals surface area contributed by atoms with E-state index in [4.69, 9.17) is 4.74 Å². The molecular formula is C17H17N3O. The van der Waals surface area contributed by atoms with Crippen molar-refractivity contribution in [2.24, 2.45) is 0 Å². The fourth-order valence-electron chi connectivity index (χ4n) is 2.14. The number of ether oxygens (including phenoxy) is 1. The third-order valence-electron chi connectivity index (χ3n) is 3.16. The van der Waals surface area contributed by atoms with Crippen molar-refractivity contribution >= 4 is 16.6 Å². The highest BCUT2D eigenvalue weighted by Crippen LogP contribution is 2.29. The predicted octanol–water partition coefficient (Wildman–Crippen LogP) is 4.24. The Morgan fingerprint density at radius 3 is 2.81 bits per heavy atom. The molecule has 0 aliphatic carbocycles. The van der Waals surface area contributed by atoms with E-state index in [1.165, 1.54) is 6.33 Å². The first-order valence-corrected chi connectivity index (χ1v) is 7.08. The lowest BCUT2D eigenvalue weighted by Crippen LogP contribution is -2.02. The molecule has 106 valence electrons. The minimum atomic E-state index is 0.542. The molecule has 3 rings (SSSR count). The van der Waals surface area contributed by atoms with Gasteiger partial charge in [0.25, 0.3) is 0 Å². The van der Waals surface area contributed by atoms with Crippen molar-refractivity contribution in [3.05, 3.63) is 54.9 Å². The van der Waals surface area contributed by atoms with E-state index in [0.717, 1.165) is 35.3 Å². The Morgan fingerprint density at radius 1 is 1.05 bits per heavy atom. The highest BCUT2D eigenvalue weighted by atomic mass is 16.5. The van der Waals surface area contributed by atoms with Gasteiger partial charge in [-0.15, -0.1) is 0 Å². The second-order valence-electron chi connectivity index (χ2n) is 4.75. The molecular weight excluding hydrogens is 262 g/mol. The van der Waals surface area contributed by atoms with Crippen molar-refractivity contribution < 1.29 is 4.74 Å². The van der Waals surface area contributed by atoms with Gasteiger partial charge < -0.3 is 10.1 Å². The normalized spacial score (nSPS) is 10.5. The smallest absolute Gasteiger partial charge is 0.224 e. The van der Waals surface area contributed by atoms with E-state index in [9.17, 15) is 0 Å². The van der Waals surface area contributed by atoms with Crippen molar-refractivity contribution in [2.45, 2.75) is 13.3 Å². The molecule has 1 aromatic heterocycles. The zero-order valence-corrected chi connectivity index (χ0v) is 11.9. The SMILES string of the molecule is CCCNc1cc(Oc2cccc3ccccc23)ncn1. The fourth-order valence-corrected chi connectivity index (χ4v) is 2.14. The molecule has 0 aliphatic heterocycles. The number of nitrogens with one attached hydrogen (secondary N) is 1. The molecule has 0 bridgehead atoms. The van der Waals surface area contributed by atoms with Crippen LogP contribution < -0.4 is 10.1 Å². The van der Waals surface area contributed by atoms with Crippen LogP contribution in [0.1, 0.15) is 13.3 Å². The molecule has 4 nitrogen and oxygen atoms in total. The first-order chi connectivity index (χ1) is 10.4. The van der Waals surface area contributed by atoms with E-state index in [1.807, 2.05) is 36.4 Å². The molecule has 3 aromatic rings. The van der Waals surface area contributed by atoms with Gasteiger partial charge in [-0.2, -0.15) is 0 Å². The second-order valence-corrected chi connectivity index (χ2v) is 4.75. The minimum Gasteiger partial charge on any atom is -0.438 e. The maximum absolute atomic E-state index is 5.92. The highest BCUT2D eigenvalue weighted by molar-refractivity contribution is 5.88. The van der Waals surface area contributed by atoms with E-state index < -0.39 is 0 Å². The molecule has 0 amide bonds. The molecule has 0 spiro atoms. The minimum absolute atomic E-state index is 0.542. The number of nitrogens with zero attached hydrogens (tertiary/aromatic N) is 2. The maximum Gasteiger partial charge on any atom is 0.224 e. The van der Waals surface area contributed by atoms with Gasteiger partial charge in [0.15, 0.2) is 0 Å². The molecule has 0 unspecified atom stereocenters. The Bertz CT molecular complexity index is 737. The van der Waals surface area contributed by atoms with Gasteiger partial charge >= 0.3 is 0 Å². The monoisotopic (exact) mass is 279 g/mol. The van der Waals surface area contributed by atoms with Crippen LogP contribution in [0.25, 0.3) is 10.8 Å². The topological polar surface area (TPSA) is 47.0 Å². The number of aromatic nitrogens is 2. The van der Waals surface area contributed by atoms with Gasteiger partial charge in [0.05, 0.1) is 0 Å². The predicted molar refractivity (Wildman–Crippen MR) is 84.8 cm³/mol. The molecule has 0 fully saturated rings. The van der Waals surface area contributed by atoms with Crippen LogP contribution in [0.3, 0.4) is 0 Å². The van der Waals surface area contributed by atoms with Gasteiger partial charge in [-0.1, -0.05) is 43.3 Å². The number of hydrogen-bond donors (Lipinski definition) is 1. The fraction of sp³-hybridized carbons (Fsp3) is 0.176. The number of rotatable bonds is 5. The van der Waals surface area contributed by atoms with Crippen molar-refractivity contribution in [1.29, 1.82) is 0 Å². The van der Waals surface area contributed by atoms with Crippen molar-refractivity contribution in [3.63, 3.8) is 0 Å². The summed E-state index contributed by atoms with van der Waals surface area (Å²) >= 11 is 0. The van der Waals surface area contributed by atoms with Gasteiger partial charge in [-0.3, -0.25) is 0 Å². The third kappa shape index (κ3) is 3.11. The van der Waals surface area contributed by atoms with E-state index in [1.54, 1.807) is 0 Å². The van der Waals surface area contributed by atoms with Gasteiger partial charge in [0, 0.05) is 18.0 Å². The summed E-state index contributed by atoms with van der Waals surface area (Å²) in [4.78, 5) is 8.35. The Labute approximate surface area is 123 Å². The molecule has 0 atom stereocenters. The Kier molecular flexibility index (Phi) is 3.96. The van der Waals surface area contributed by atoms with E-state index in [-0.39, 0.29) is 0 Å². The summed E-state index contributed by atoms with van der Waals surface area (Å²) < 4.78 is 5.92. The molecule has 1 N–H and O–H groups in total. The standard InChI is InChI=1S/C17H17N3O/c1-2-10-18-16-11-17(20-12-19-16)21-15-9-5-7-13-6-3-4-8-14(13)15/h3-9,11-12H,2,10H2,1H3,(H,18,19,20). The molecule has 4 heteroatoms. The van der Waals surface area contributed by atoms with E-state index in [2.05, 4.69) is 34.3 Å². The quantitative estimate of drug-likeness (QED) is 0.758. The molecule has 0 radical (unpaired) electrons. The van der Waals surface area contributed by atoms with Crippen LogP contribution in [0.5, 0.6) is 11.6 Å². The summed E-state index contributed by atoms with van der Waals surface area (Å²) in [5, 5.41) is 5.44. The Hall–Kier alpha value is -2.62. The Morgan fingerprint density at radius 2 is 1.90 bits per heavy atom. The number of hydrogen-bond acceptors (Lipinski definition) is 4. The highest BCUT2D eigenvalue weighted by Gasteiger charge is 2.05. The molecule has 0 saturated carbocycles.